The summed E-state index contributed by atoms with van der Waals surface area (Å²) in [6.07, 6.45) is 3.63. The van der Waals surface area contributed by atoms with Crippen LogP contribution in [0.3, 0.4) is 0 Å². The van der Waals surface area contributed by atoms with Gasteiger partial charge >= 0.3 is 0 Å². The SMILES string of the molecule is CCC1(CC)CN(c2cccc(C)c2)CCCN1. The molecule has 1 heterocycles. The van der Waals surface area contributed by atoms with Gasteiger partial charge in [0.2, 0.25) is 0 Å². The molecule has 0 radical (unpaired) electrons. The first-order valence-electron chi connectivity index (χ1n) is 7.26. The summed E-state index contributed by atoms with van der Waals surface area (Å²) in [5.41, 5.74) is 3.02. The minimum atomic E-state index is 0.292. The number of aryl methyl sites for hydroxylation is 1. The maximum atomic E-state index is 3.77. The molecule has 18 heavy (non-hydrogen) atoms. The zero-order valence-corrected chi connectivity index (χ0v) is 12.0. The Morgan fingerprint density at radius 1 is 1.28 bits per heavy atom. The molecule has 0 bridgehead atoms. The molecule has 1 aromatic rings. The number of hydrogen-bond donors (Lipinski definition) is 1. The molecule has 1 aliphatic rings. The zero-order valence-electron chi connectivity index (χ0n) is 12.0. The second kappa shape index (κ2) is 5.75. The lowest BCUT2D eigenvalue weighted by molar-refractivity contribution is 0.321. The first-order chi connectivity index (χ1) is 8.69. The molecule has 1 fully saturated rings. The highest BCUT2D eigenvalue weighted by molar-refractivity contribution is 5.49. The second-order valence-corrected chi connectivity index (χ2v) is 5.53. The van der Waals surface area contributed by atoms with E-state index in [0.717, 1.165) is 19.6 Å². The quantitative estimate of drug-likeness (QED) is 0.880. The van der Waals surface area contributed by atoms with E-state index >= 15 is 0 Å². The maximum absolute atomic E-state index is 3.77. The molecular weight excluding hydrogens is 220 g/mol. The Morgan fingerprint density at radius 2 is 2.06 bits per heavy atom. The third-order valence-electron chi connectivity index (χ3n) is 4.32. The van der Waals surface area contributed by atoms with Crippen molar-refractivity contribution in [2.45, 2.75) is 45.6 Å². The fourth-order valence-electron chi connectivity index (χ4n) is 2.89. The van der Waals surface area contributed by atoms with Crippen molar-refractivity contribution in [3.05, 3.63) is 29.8 Å². The van der Waals surface area contributed by atoms with Crippen LogP contribution in [-0.2, 0) is 0 Å². The van der Waals surface area contributed by atoms with Gasteiger partial charge in [-0.1, -0.05) is 26.0 Å². The van der Waals surface area contributed by atoms with Crippen LogP contribution in [0.1, 0.15) is 38.7 Å². The van der Waals surface area contributed by atoms with Gasteiger partial charge in [0.1, 0.15) is 0 Å². The monoisotopic (exact) mass is 246 g/mol. The van der Waals surface area contributed by atoms with Gasteiger partial charge in [0.25, 0.3) is 0 Å². The van der Waals surface area contributed by atoms with Gasteiger partial charge in [0, 0.05) is 24.3 Å². The Balaban J connectivity index is 2.21. The third kappa shape index (κ3) is 2.86. The highest BCUT2D eigenvalue weighted by atomic mass is 15.2. The fourth-order valence-corrected chi connectivity index (χ4v) is 2.89. The maximum Gasteiger partial charge on any atom is 0.0369 e. The third-order valence-corrected chi connectivity index (χ3v) is 4.32. The molecule has 0 unspecified atom stereocenters. The molecule has 1 aromatic carbocycles. The molecule has 100 valence electrons. The predicted molar refractivity (Wildman–Crippen MR) is 79.3 cm³/mol. The molecule has 0 aliphatic carbocycles. The largest absolute Gasteiger partial charge is 0.370 e. The number of anilines is 1. The van der Waals surface area contributed by atoms with Crippen LogP contribution < -0.4 is 10.2 Å². The Labute approximate surface area is 111 Å². The standard InChI is InChI=1S/C16H26N2/c1-4-16(5-2)13-18(11-7-10-17-16)15-9-6-8-14(3)12-15/h6,8-9,12,17H,4-5,7,10-11,13H2,1-3H3. The molecule has 0 amide bonds. The van der Waals surface area contributed by atoms with Crippen LogP contribution in [-0.4, -0.2) is 25.2 Å². The molecule has 2 nitrogen and oxygen atoms in total. The van der Waals surface area contributed by atoms with E-state index in [1.807, 2.05) is 0 Å². The van der Waals surface area contributed by atoms with Crippen molar-refractivity contribution in [2.75, 3.05) is 24.5 Å². The minimum Gasteiger partial charge on any atom is -0.370 e. The van der Waals surface area contributed by atoms with Crippen LogP contribution >= 0.6 is 0 Å². The van der Waals surface area contributed by atoms with E-state index in [2.05, 4.69) is 55.3 Å². The molecule has 1 aliphatic heterocycles. The molecule has 2 rings (SSSR count). The van der Waals surface area contributed by atoms with E-state index in [9.17, 15) is 0 Å². The van der Waals surface area contributed by atoms with Crippen LogP contribution in [0, 0.1) is 6.92 Å². The number of nitrogens with zero attached hydrogens (tertiary/aromatic N) is 1. The molecule has 0 saturated carbocycles. The Bertz CT molecular complexity index is 382. The summed E-state index contributed by atoms with van der Waals surface area (Å²) in [7, 11) is 0. The van der Waals surface area contributed by atoms with Crippen LogP contribution in [0.25, 0.3) is 0 Å². The average Bonchev–Trinajstić information content (AvgIpc) is 2.62. The topological polar surface area (TPSA) is 15.3 Å². The van der Waals surface area contributed by atoms with Crippen molar-refractivity contribution in [3.63, 3.8) is 0 Å². The van der Waals surface area contributed by atoms with E-state index in [1.54, 1.807) is 0 Å². The highest BCUT2D eigenvalue weighted by Crippen LogP contribution is 2.24. The smallest absolute Gasteiger partial charge is 0.0369 e. The van der Waals surface area contributed by atoms with Gasteiger partial charge in [-0.3, -0.25) is 0 Å². The summed E-state index contributed by atoms with van der Waals surface area (Å²) in [6.45, 7) is 10.2. The van der Waals surface area contributed by atoms with Crippen LogP contribution in [0.15, 0.2) is 24.3 Å². The van der Waals surface area contributed by atoms with Gasteiger partial charge in [-0.15, -0.1) is 0 Å². The van der Waals surface area contributed by atoms with Crippen molar-refractivity contribution < 1.29 is 0 Å². The normalized spacial score (nSPS) is 19.6. The van der Waals surface area contributed by atoms with Gasteiger partial charge in [0.05, 0.1) is 0 Å². The molecule has 0 aromatic heterocycles. The fraction of sp³-hybridized carbons (Fsp3) is 0.625. The first kappa shape index (κ1) is 13.4. The van der Waals surface area contributed by atoms with E-state index in [0.29, 0.717) is 5.54 Å². The lowest BCUT2D eigenvalue weighted by Gasteiger charge is -2.36. The summed E-state index contributed by atoms with van der Waals surface area (Å²) < 4.78 is 0. The summed E-state index contributed by atoms with van der Waals surface area (Å²) >= 11 is 0. The van der Waals surface area contributed by atoms with E-state index < -0.39 is 0 Å². The molecule has 0 atom stereocenters. The molecule has 2 heteroatoms. The van der Waals surface area contributed by atoms with Crippen LogP contribution in [0.5, 0.6) is 0 Å². The van der Waals surface area contributed by atoms with E-state index in [4.69, 9.17) is 0 Å². The number of benzene rings is 1. The average molecular weight is 246 g/mol. The van der Waals surface area contributed by atoms with Gasteiger partial charge in [-0.2, -0.15) is 0 Å². The van der Waals surface area contributed by atoms with Crippen molar-refractivity contribution in [2.24, 2.45) is 0 Å². The molecule has 1 N–H and O–H groups in total. The highest BCUT2D eigenvalue weighted by Gasteiger charge is 2.30. The van der Waals surface area contributed by atoms with E-state index in [-0.39, 0.29) is 0 Å². The van der Waals surface area contributed by atoms with Gasteiger partial charge in [0.15, 0.2) is 0 Å². The lowest BCUT2D eigenvalue weighted by Crippen LogP contribution is -2.50. The Kier molecular flexibility index (Phi) is 4.28. The van der Waals surface area contributed by atoms with Gasteiger partial charge in [-0.25, -0.2) is 0 Å². The zero-order chi connectivity index (χ0) is 13.0. The van der Waals surface area contributed by atoms with Gasteiger partial charge in [-0.05, 0) is 50.4 Å². The summed E-state index contributed by atoms with van der Waals surface area (Å²) in [6, 6.07) is 8.89. The van der Waals surface area contributed by atoms with E-state index in [1.165, 1.54) is 30.5 Å². The van der Waals surface area contributed by atoms with Gasteiger partial charge < -0.3 is 10.2 Å². The van der Waals surface area contributed by atoms with Crippen molar-refractivity contribution in [1.29, 1.82) is 0 Å². The molecular formula is C16H26N2. The summed E-state index contributed by atoms with van der Waals surface area (Å²) in [5, 5.41) is 3.77. The van der Waals surface area contributed by atoms with Crippen molar-refractivity contribution in [1.82, 2.24) is 5.32 Å². The van der Waals surface area contributed by atoms with Crippen LogP contribution in [0.2, 0.25) is 0 Å². The van der Waals surface area contributed by atoms with Crippen LogP contribution in [0.4, 0.5) is 5.69 Å². The number of rotatable bonds is 3. The second-order valence-electron chi connectivity index (χ2n) is 5.53. The first-order valence-corrected chi connectivity index (χ1v) is 7.26. The number of nitrogens with one attached hydrogen (secondary N) is 1. The lowest BCUT2D eigenvalue weighted by atomic mass is 9.92. The van der Waals surface area contributed by atoms with Crippen molar-refractivity contribution in [3.8, 4) is 0 Å². The minimum absolute atomic E-state index is 0.292. The van der Waals surface area contributed by atoms with Crippen molar-refractivity contribution >= 4 is 5.69 Å². The Morgan fingerprint density at radius 3 is 2.72 bits per heavy atom. The Hall–Kier alpha value is -1.02. The molecule has 1 saturated heterocycles. The predicted octanol–water partition coefficient (Wildman–Crippen LogP) is 3.35. The summed E-state index contributed by atoms with van der Waals surface area (Å²) in [5.74, 6) is 0. The number of hydrogen-bond acceptors (Lipinski definition) is 2. The molecule has 0 spiro atoms. The summed E-state index contributed by atoms with van der Waals surface area (Å²) in [4.78, 5) is 2.56.